The van der Waals surface area contributed by atoms with Crippen molar-refractivity contribution >= 4 is 17.4 Å². The average Bonchev–Trinajstić information content (AvgIpc) is 2.50. The summed E-state index contributed by atoms with van der Waals surface area (Å²) in [6.45, 7) is 3.38. The van der Waals surface area contributed by atoms with Crippen LogP contribution >= 0.6 is 0 Å². The molecule has 1 heterocycles. The molecule has 2 rings (SSSR count). The highest BCUT2D eigenvalue weighted by molar-refractivity contribution is 5.92. The average molecular weight is 299 g/mol. The predicted octanol–water partition coefficient (Wildman–Crippen LogP) is 1.82. The minimum Gasteiger partial charge on any atom is -0.349 e. The number of aromatic nitrogens is 2. The highest BCUT2D eigenvalue weighted by atomic mass is 16.1. The first kappa shape index (κ1) is 15.9. The Hall–Kier alpha value is -2.47. The van der Waals surface area contributed by atoms with E-state index in [-0.39, 0.29) is 5.91 Å². The number of benzene rings is 1. The monoisotopic (exact) mass is 299 g/mol. The number of rotatable bonds is 6. The van der Waals surface area contributed by atoms with Crippen LogP contribution in [0.25, 0.3) is 0 Å². The van der Waals surface area contributed by atoms with Crippen LogP contribution < -0.4 is 10.6 Å². The molecule has 0 radical (unpaired) electrons. The van der Waals surface area contributed by atoms with Crippen molar-refractivity contribution in [2.45, 2.75) is 6.92 Å². The van der Waals surface area contributed by atoms with Crippen molar-refractivity contribution in [3.8, 4) is 0 Å². The number of aryl methyl sites for hydroxylation is 1. The second kappa shape index (κ2) is 7.51. The zero-order valence-corrected chi connectivity index (χ0v) is 13.1. The molecule has 0 bridgehead atoms. The quantitative estimate of drug-likeness (QED) is 0.851. The van der Waals surface area contributed by atoms with Crippen LogP contribution in [0, 0.1) is 6.92 Å². The SMILES string of the molecule is Cc1ccccc1Nc1cnc(C(=O)NCCN(C)C)cn1. The van der Waals surface area contributed by atoms with Gasteiger partial charge in [-0.2, -0.15) is 0 Å². The topological polar surface area (TPSA) is 70.2 Å². The molecule has 1 amide bonds. The molecule has 0 atom stereocenters. The van der Waals surface area contributed by atoms with Crippen molar-refractivity contribution in [1.82, 2.24) is 20.2 Å². The highest BCUT2D eigenvalue weighted by Crippen LogP contribution is 2.17. The normalized spacial score (nSPS) is 10.5. The fourth-order valence-electron chi connectivity index (χ4n) is 1.84. The van der Waals surface area contributed by atoms with Gasteiger partial charge in [-0.15, -0.1) is 0 Å². The standard InChI is InChI=1S/C16H21N5O/c1-12-6-4-5-7-13(12)20-15-11-18-14(10-19-15)16(22)17-8-9-21(2)3/h4-7,10-11H,8-9H2,1-3H3,(H,17,22)(H,19,20). The zero-order chi connectivity index (χ0) is 15.9. The number of para-hydroxylation sites is 1. The van der Waals surface area contributed by atoms with E-state index in [0.29, 0.717) is 18.1 Å². The summed E-state index contributed by atoms with van der Waals surface area (Å²) in [5.41, 5.74) is 2.41. The van der Waals surface area contributed by atoms with E-state index >= 15 is 0 Å². The molecule has 22 heavy (non-hydrogen) atoms. The lowest BCUT2D eigenvalue weighted by molar-refractivity contribution is 0.0945. The molecule has 2 N–H and O–H groups in total. The zero-order valence-electron chi connectivity index (χ0n) is 13.1. The van der Waals surface area contributed by atoms with Crippen molar-refractivity contribution in [3.05, 3.63) is 47.9 Å². The van der Waals surface area contributed by atoms with E-state index in [1.165, 1.54) is 6.20 Å². The summed E-state index contributed by atoms with van der Waals surface area (Å²) >= 11 is 0. The smallest absolute Gasteiger partial charge is 0.271 e. The Bertz CT molecular complexity index is 625. The van der Waals surface area contributed by atoms with Gasteiger partial charge >= 0.3 is 0 Å². The molecular formula is C16H21N5O. The summed E-state index contributed by atoms with van der Waals surface area (Å²) in [6, 6.07) is 7.92. The van der Waals surface area contributed by atoms with E-state index in [1.54, 1.807) is 6.20 Å². The van der Waals surface area contributed by atoms with E-state index in [4.69, 9.17) is 0 Å². The molecule has 0 saturated heterocycles. The Morgan fingerprint density at radius 1 is 1.18 bits per heavy atom. The summed E-state index contributed by atoms with van der Waals surface area (Å²) in [6.07, 6.45) is 3.04. The summed E-state index contributed by atoms with van der Waals surface area (Å²) in [5, 5.41) is 5.99. The summed E-state index contributed by atoms with van der Waals surface area (Å²) < 4.78 is 0. The molecule has 2 aromatic rings. The molecule has 0 fully saturated rings. The third kappa shape index (κ3) is 4.53. The van der Waals surface area contributed by atoms with Crippen LogP contribution in [0.2, 0.25) is 0 Å². The van der Waals surface area contributed by atoms with Crippen LogP contribution in [0.15, 0.2) is 36.7 Å². The van der Waals surface area contributed by atoms with Gasteiger partial charge in [0.1, 0.15) is 11.5 Å². The molecular weight excluding hydrogens is 278 g/mol. The molecule has 0 aliphatic heterocycles. The minimum atomic E-state index is -0.211. The maximum absolute atomic E-state index is 11.9. The molecule has 0 unspecified atom stereocenters. The number of nitrogens with zero attached hydrogens (tertiary/aromatic N) is 3. The predicted molar refractivity (Wildman–Crippen MR) is 87.4 cm³/mol. The summed E-state index contributed by atoms with van der Waals surface area (Å²) in [4.78, 5) is 22.3. The third-order valence-electron chi connectivity index (χ3n) is 3.14. The van der Waals surface area contributed by atoms with Gasteiger partial charge in [-0.3, -0.25) is 4.79 Å². The van der Waals surface area contributed by atoms with Gasteiger partial charge in [0, 0.05) is 18.8 Å². The molecule has 1 aromatic carbocycles. The van der Waals surface area contributed by atoms with Crippen LogP contribution in [-0.4, -0.2) is 48.0 Å². The second-order valence-electron chi connectivity index (χ2n) is 5.29. The number of anilines is 2. The second-order valence-corrected chi connectivity index (χ2v) is 5.29. The van der Waals surface area contributed by atoms with E-state index in [9.17, 15) is 4.79 Å². The number of carbonyl (C=O) groups is 1. The minimum absolute atomic E-state index is 0.211. The van der Waals surface area contributed by atoms with Gasteiger partial charge < -0.3 is 15.5 Å². The number of nitrogens with one attached hydrogen (secondary N) is 2. The number of amides is 1. The maximum Gasteiger partial charge on any atom is 0.271 e. The third-order valence-corrected chi connectivity index (χ3v) is 3.14. The first-order valence-electron chi connectivity index (χ1n) is 7.14. The fourth-order valence-corrected chi connectivity index (χ4v) is 1.84. The largest absolute Gasteiger partial charge is 0.349 e. The lowest BCUT2D eigenvalue weighted by Crippen LogP contribution is -2.31. The molecule has 0 saturated carbocycles. The Balaban J connectivity index is 1.95. The van der Waals surface area contributed by atoms with Gasteiger partial charge in [0.25, 0.3) is 5.91 Å². The van der Waals surface area contributed by atoms with Crippen molar-refractivity contribution in [1.29, 1.82) is 0 Å². The van der Waals surface area contributed by atoms with E-state index in [0.717, 1.165) is 17.8 Å². The Kier molecular flexibility index (Phi) is 5.43. The Labute approximate surface area is 130 Å². The Morgan fingerprint density at radius 3 is 2.59 bits per heavy atom. The van der Waals surface area contributed by atoms with Crippen molar-refractivity contribution in [2.24, 2.45) is 0 Å². The van der Waals surface area contributed by atoms with E-state index in [1.807, 2.05) is 50.2 Å². The first-order chi connectivity index (χ1) is 10.6. The number of carbonyl (C=O) groups excluding carboxylic acids is 1. The van der Waals surface area contributed by atoms with Crippen LogP contribution in [0.3, 0.4) is 0 Å². The van der Waals surface area contributed by atoms with Gasteiger partial charge in [0.15, 0.2) is 0 Å². The Morgan fingerprint density at radius 2 is 1.95 bits per heavy atom. The van der Waals surface area contributed by atoms with Gasteiger partial charge in [-0.1, -0.05) is 18.2 Å². The van der Waals surface area contributed by atoms with E-state index < -0.39 is 0 Å². The molecule has 116 valence electrons. The van der Waals surface area contributed by atoms with Gasteiger partial charge in [-0.05, 0) is 32.6 Å². The molecule has 0 aliphatic carbocycles. The van der Waals surface area contributed by atoms with Gasteiger partial charge in [0.05, 0.1) is 12.4 Å². The molecule has 1 aromatic heterocycles. The fraction of sp³-hybridized carbons (Fsp3) is 0.312. The molecule has 6 heteroatoms. The molecule has 0 aliphatic rings. The van der Waals surface area contributed by atoms with Crippen molar-refractivity contribution in [2.75, 3.05) is 32.5 Å². The molecule has 6 nitrogen and oxygen atoms in total. The summed E-state index contributed by atoms with van der Waals surface area (Å²) in [5.74, 6) is 0.399. The maximum atomic E-state index is 11.9. The number of likely N-dealkylation sites (N-methyl/N-ethyl adjacent to an activating group) is 1. The van der Waals surface area contributed by atoms with Crippen LogP contribution in [0.4, 0.5) is 11.5 Å². The van der Waals surface area contributed by atoms with Crippen LogP contribution in [0.1, 0.15) is 16.1 Å². The molecule has 0 spiro atoms. The van der Waals surface area contributed by atoms with E-state index in [2.05, 4.69) is 20.6 Å². The van der Waals surface area contributed by atoms with Crippen molar-refractivity contribution < 1.29 is 4.79 Å². The highest BCUT2D eigenvalue weighted by Gasteiger charge is 2.08. The first-order valence-corrected chi connectivity index (χ1v) is 7.14. The van der Waals surface area contributed by atoms with Crippen LogP contribution in [-0.2, 0) is 0 Å². The summed E-state index contributed by atoms with van der Waals surface area (Å²) in [7, 11) is 3.91. The number of hydrogen-bond donors (Lipinski definition) is 2. The lowest BCUT2D eigenvalue weighted by atomic mass is 10.2. The van der Waals surface area contributed by atoms with Gasteiger partial charge in [0.2, 0.25) is 0 Å². The van der Waals surface area contributed by atoms with Crippen molar-refractivity contribution in [3.63, 3.8) is 0 Å². The van der Waals surface area contributed by atoms with Crippen LogP contribution in [0.5, 0.6) is 0 Å². The van der Waals surface area contributed by atoms with Gasteiger partial charge in [-0.25, -0.2) is 9.97 Å². The number of hydrogen-bond acceptors (Lipinski definition) is 5. The lowest BCUT2D eigenvalue weighted by Gasteiger charge is -2.10.